The van der Waals surface area contributed by atoms with Crippen molar-refractivity contribution in [2.24, 2.45) is 0 Å². The van der Waals surface area contributed by atoms with Crippen LogP contribution in [0.2, 0.25) is 0 Å². The van der Waals surface area contributed by atoms with Crippen molar-refractivity contribution < 1.29 is 22.8 Å². The summed E-state index contributed by atoms with van der Waals surface area (Å²) in [6.07, 6.45) is -0.0363. The smallest absolute Gasteiger partial charge is 0.339 e. The fourth-order valence-electron chi connectivity index (χ4n) is 3.10. The maximum absolute atomic E-state index is 12.6. The van der Waals surface area contributed by atoms with E-state index in [4.69, 9.17) is 0 Å². The molecule has 2 heterocycles. The SMILES string of the molecule is O=C(CCc1cccnc1)N1CCN(C(=O)c2ccc(C(F)(F)F)cc2)CC1. The molecule has 0 spiro atoms. The molecule has 1 aromatic carbocycles. The molecular formula is C20H20F3N3O2. The highest BCUT2D eigenvalue weighted by Crippen LogP contribution is 2.29. The van der Waals surface area contributed by atoms with Crippen molar-refractivity contribution in [3.05, 3.63) is 65.5 Å². The topological polar surface area (TPSA) is 53.5 Å². The van der Waals surface area contributed by atoms with Crippen LogP contribution in [0.4, 0.5) is 13.2 Å². The molecular weight excluding hydrogens is 371 g/mol. The average Bonchev–Trinajstić information content (AvgIpc) is 2.72. The van der Waals surface area contributed by atoms with E-state index in [9.17, 15) is 22.8 Å². The van der Waals surface area contributed by atoms with Crippen LogP contribution < -0.4 is 0 Å². The molecule has 1 aliphatic heterocycles. The number of alkyl halides is 3. The van der Waals surface area contributed by atoms with Crippen LogP contribution in [0.5, 0.6) is 0 Å². The Labute approximate surface area is 160 Å². The summed E-state index contributed by atoms with van der Waals surface area (Å²) in [5.41, 5.74) is 0.421. The van der Waals surface area contributed by atoms with Crippen LogP contribution in [0.15, 0.2) is 48.8 Å². The highest BCUT2D eigenvalue weighted by Gasteiger charge is 2.31. The van der Waals surface area contributed by atoms with Gasteiger partial charge in [0.15, 0.2) is 0 Å². The third kappa shape index (κ3) is 4.88. The zero-order valence-corrected chi connectivity index (χ0v) is 15.2. The summed E-state index contributed by atoms with van der Waals surface area (Å²) in [4.78, 5) is 32.1. The molecule has 148 valence electrons. The predicted octanol–water partition coefficient (Wildman–Crippen LogP) is 3.02. The second kappa shape index (κ2) is 8.41. The molecule has 0 atom stereocenters. The number of rotatable bonds is 4. The van der Waals surface area contributed by atoms with Crippen LogP contribution in [0, 0.1) is 0 Å². The summed E-state index contributed by atoms with van der Waals surface area (Å²) in [7, 11) is 0. The van der Waals surface area contributed by atoms with Crippen molar-refractivity contribution in [2.75, 3.05) is 26.2 Å². The highest BCUT2D eigenvalue weighted by molar-refractivity contribution is 5.94. The maximum atomic E-state index is 12.6. The number of benzene rings is 1. The third-order valence-corrected chi connectivity index (χ3v) is 4.73. The summed E-state index contributed by atoms with van der Waals surface area (Å²) in [5, 5.41) is 0. The molecule has 2 amide bonds. The van der Waals surface area contributed by atoms with Gasteiger partial charge in [0.1, 0.15) is 0 Å². The number of pyridine rings is 1. The average molecular weight is 391 g/mol. The van der Waals surface area contributed by atoms with Gasteiger partial charge in [0, 0.05) is 50.6 Å². The van der Waals surface area contributed by atoms with Crippen LogP contribution in [-0.4, -0.2) is 52.8 Å². The lowest BCUT2D eigenvalue weighted by Crippen LogP contribution is -2.50. The first-order chi connectivity index (χ1) is 13.3. The maximum Gasteiger partial charge on any atom is 0.416 e. The highest BCUT2D eigenvalue weighted by atomic mass is 19.4. The van der Waals surface area contributed by atoms with E-state index >= 15 is 0 Å². The summed E-state index contributed by atoms with van der Waals surface area (Å²) in [6.45, 7) is 1.55. The Bertz CT molecular complexity index is 815. The van der Waals surface area contributed by atoms with Crippen LogP contribution in [0.1, 0.15) is 27.9 Å². The van der Waals surface area contributed by atoms with E-state index in [-0.39, 0.29) is 17.4 Å². The molecule has 0 radical (unpaired) electrons. The normalized spacial score (nSPS) is 14.8. The number of piperazine rings is 1. The lowest BCUT2D eigenvalue weighted by Gasteiger charge is -2.35. The van der Waals surface area contributed by atoms with Gasteiger partial charge in [-0.1, -0.05) is 6.07 Å². The number of carbonyl (C=O) groups is 2. The third-order valence-electron chi connectivity index (χ3n) is 4.73. The van der Waals surface area contributed by atoms with Crippen LogP contribution in [0.3, 0.4) is 0 Å². The summed E-state index contributed by atoms with van der Waals surface area (Å²) in [6, 6.07) is 7.94. The van der Waals surface area contributed by atoms with Gasteiger partial charge in [0.25, 0.3) is 5.91 Å². The number of aromatic nitrogens is 1. The molecule has 0 bridgehead atoms. The zero-order chi connectivity index (χ0) is 20.1. The Morgan fingerprint density at radius 3 is 2.18 bits per heavy atom. The van der Waals surface area contributed by atoms with Gasteiger partial charge < -0.3 is 9.80 Å². The van der Waals surface area contributed by atoms with Crippen LogP contribution >= 0.6 is 0 Å². The Morgan fingerprint density at radius 1 is 0.964 bits per heavy atom. The standard InChI is InChI=1S/C20H20F3N3O2/c21-20(22,23)17-6-4-16(5-7-17)19(28)26-12-10-25(11-13-26)18(27)8-3-15-2-1-9-24-14-15/h1-2,4-7,9,14H,3,8,10-13H2. The minimum atomic E-state index is -4.43. The zero-order valence-electron chi connectivity index (χ0n) is 15.2. The van der Waals surface area contributed by atoms with Crippen molar-refractivity contribution in [3.63, 3.8) is 0 Å². The lowest BCUT2D eigenvalue weighted by atomic mass is 10.1. The molecule has 0 saturated carbocycles. The molecule has 1 aromatic heterocycles. The Balaban J connectivity index is 1.50. The van der Waals surface area contributed by atoms with Crippen molar-refractivity contribution in [1.82, 2.24) is 14.8 Å². The molecule has 3 rings (SSSR count). The van der Waals surface area contributed by atoms with E-state index in [1.54, 1.807) is 22.2 Å². The van der Waals surface area contributed by atoms with Crippen molar-refractivity contribution >= 4 is 11.8 Å². The summed E-state index contributed by atoms with van der Waals surface area (Å²) >= 11 is 0. The van der Waals surface area contributed by atoms with E-state index in [0.29, 0.717) is 39.0 Å². The summed E-state index contributed by atoms with van der Waals surface area (Å²) in [5.74, 6) is -0.304. The molecule has 1 aliphatic rings. The number of hydrogen-bond donors (Lipinski definition) is 0. The Hall–Kier alpha value is -2.90. The monoisotopic (exact) mass is 391 g/mol. The van der Waals surface area contributed by atoms with E-state index in [1.807, 2.05) is 12.1 Å². The predicted molar refractivity (Wildman–Crippen MR) is 96.5 cm³/mol. The summed E-state index contributed by atoms with van der Waals surface area (Å²) < 4.78 is 37.9. The molecule has 28 heavy (non-hydrogen) atoms. The number of hydrogen-bond acceptors (Lipinski definition) is 3. The van der Waals surface area contributed by atoms with Gasteiger partial charge in [-0.05, 0) is 42.3 Å². The number of amides is 2. The molecule has 5 nitrogen and oxygen atoms in total. The van der Waals surface area contributed by atoms with Crippen LogP contribution in [-0.2, 0) is 17.4 Å². The van der Waals surface area contributed by atoms with Crippen molar-refractivity contribution in [1.29, 1.82) is 0 Å². The molecule has 0 aliphatic carbocycles. The van der Waals surface area contributed by atoms with Gasteiger partial charge in [-0.15, -0.1) is 0 Å². The van der Waals surface area contributed by atoms with Gasteiger partial charge in [0.2, 0.25) is 5.91 Å². The van der Waals surface area contributed by atoms with E-state index in [0.717, 1.165) is 17.7 Å². The minimum Gasteiger partial charge on any atom is -0.339 e. The van der Waals surface area contributed by atoms with E-state index in [1.165, 1.54) is 12.1 Å². The molecule has 8 heteroatoms. The Morgan fingerprint density at radius 2 is 1.61 bits per heavy atom. The van der Waals surface area contributed by atoms with Crippen molar-refractivity contribution in [2.45, 2.75) is 19.0 Å². The van der Waals surface area contributed by atoms with E-state index in [2.05, 4.69) is 4.98 Å². The lowest BCUT2D eigenvalue weighted by molar-refractivity contribution is -0.137. The fourth-order valence-corrected chi connectivity index (χ4v) is 3.10. The number of halogens is 3. The first-order valence-electron chi connectivity index (χ1n) is 8.98. The van der Waals surface area contributed by atoms with Crippen molar-refractivity contribution in [3.8, 4) is 0 Å². The first-order valence-corrected chi connectivity index (χ1v) is 8.98. The Kier molecular flexibility index (Phi) is 5.96. The number of nitrogens with zero attached hydrogens (tertiary/aromatic N) is 3. The van der Waals surface area contributed by atoms with E-state index < -0.39 is 11.7 Å². The molecule has 2 aromatic rings. The molecule has 0 N–H and O–H groups in total. The van der Waals surface area contributed by atoms with Gasteiger partial charge >= 0.3 is 6.18 Å². The fraction of sp³-hybridized carbons (Fsp3) is 0.350. The molecule has 1 fully saturated rings. The minimum absolute atomic E-state index is 0.0190. The largest absolute Gasteiger partial charge is 0.416 e. The quantitative estimate of drug-likeness (QED) is 0.805. The number of carbonyl (C=O) groups excluding carboxylic acids is 2. The molecule has 1 saturated heterocycles. The van der Waals surface area contributed by atoms with Gasteiger partial charge in [-0.2, -0.15) is 13.2 Å². The second-order valence-electron chi connectivity index (χ2n) is 6.61. The van der Waals surface area contributed by atoms with Crippen LogP contribution in [0.25, 0.3) is 0 Å². The molecule has 0 unspecified atom stereocenters. The number of aryl methyl sites for hydroxylation is 1. The van der Waals surface area contributed by atoms with Gasteiger partial charge in [-0.3, -0.25) is 14.6 Å². The second-order valence-corrected chi connectivity index (χ2v) is 6.61. The first kappa shape index (κ1) is 19.9. The van der Waals surface area contributed by atoms with Gasteiger partial charge in [-0.25, -0.2) is 0 Å². The van der Waals surface area contributed by atoms with Gasteiger partial charge in [0.05, 0.1) is 5.56 Å².